The van der Waals surface area contributed by atoms with Crippen molar-refractivity contribution < 1.29 is 14.3 Å². The predicted molar refractivity (Wildman–Crippen MR) is 113 cm³/mol. The smallest absolute Gasteiger partial charge is 0.314 e. The number of hydrogen-bond acceptors (Lipinski definition) is 4. The Balaban J connectivity index is 1.50. The molecule has 1 aromatic carbocycles. The quantitative estimate of drug-likeness (QED) is 0.659. The maximum Gasteiger partial charge on any atom is 0.314 e. The number of carbonyl (C=O) groups is 2. The van der Waals surface area contributed by atoms with Gasteiger partial charge in [-0.2, -0.15) is 0 Å². The second kappa shape index (κ2) is 7.27. The average Bonchev–Trinajstić information content (AvgIpc) is 3.46. The zero-order valence-electron chi connectivity index (χ0n) is 17.0. The van der Waals surface area contributed by atoms with Crippen molar-refractivity contribution >= 4 is 22.9 Å². The van der Waals surface area contributed by atoms with Gasteiger partial charge >= 0.3 is 5.97 Å². The standard InChI is InChI=1S/C24H25N3O3/c1-2-30-23(29)24(14-16-7-4-3-5-8-16)15-18-10-11-20(24)27(18)22(28)19-13-17-9-6-12-25-21(17)26-19/h3-9,12-13,18,20H,2,10-11,14-15H2,1H3,(H,25,26)/t18-,20+,24+/m1/s1. The minimum atomic E-state index is -0.694. The van der Waals surface area contributed by atoms with Crippen molar-refractivity contribution in [3.63, 3.8) is 0 Å². The Morgan fingerprint density at radius 2 is 2.03 bits per heavy atom. The number of hydrogen-bond donors (Lipinski definition) is 1. The highest BCUT2D eigenvalue weighted by Gasteiger charge is 2.62. The van der Waals surface area contributed by atoms with Crippen molar-refractivity contribution in [1.82, 2.24) is 14.9 Å². The highest BCUT2D eigenvalue weighted by molar-refractivity contribution is 5.98. The Labute approximate surface area is 175 Å². The van der Waals surface area contributed by atoms with E-state index in [0.29, 0.717) is 30.8 Å². The average molecular weight is 403 g/mol. The number of H-pyrrole nitrogens is 1. The molecule has 3 aromatic rings. The Kier molecular flexibility index (Phi) is 4.57. The normalized spacial score (nSPS) is 25.0. The molecule has 3 atom stereocenters. The van der Waals surface area contributed by atoms with E-state index in [9.17, 15) is 9.59 Å². The zero-order valence-corrected chi connectivity index (χ0v) is 17.0. The van der Waals surface area contributed by atoms with Crippen molar-refractivity contribution in [2.45, 2.75) is 44.7 Å². The van der Waals surface area contributed by atoms with Gasteiger partial charge in [-0.05, 0) is 56.4 Å². The van der Waals surface area contributed by atoms with Crippen molar-refractivity contribution in [1.29, 1.82) is 0 Å². The number of carbonyl (C=O) groups excluding carboxylic acids is 2. The number of esters is 1. The van der Waals surface area contributed by atoms with E-state index in [2.05, 4.69) is 9.97 Å². The van der Waals surface area contributed by atoms with Gasteiger partial charge in [0.15, 0.2) is 0 Å². The van der Waals surface area contributed by atoms with E-state index in [4.69, 9.17) is 4.74 Å². The van der Waals surface area contributed by atoms with Crippen LogP contribution in [0.5, 0.6) is 0 Å². The van der Waals surface area contributed by atoms with Crippen molar-refractivity contribution in [3.05, 3.63) is 66.0 Å². The summed E-state index contributed by atoms with van der Waals surface area (Å²) in [5.74, 6) is -0.239. The third-order valence-electron chi connectivity index (χ3n) is 6.64. The number of ether oxygens (including phenoxy) is 1. The molecule has 5 rings (SSSR count). The second-order valence-corrected chi connectivity index (χ2v) is 8.33. The number of nitrogens with one attached hydrogen (secondary N) is 1. The van der Waals surface area contributed by atoms with Gasteiger partial charge in [0, 0.05) is 23.7 Å². The minimum Gasteiger partial charge on any atom is -0.465 e. The number of benzene rings is 1. The summed E-state index contributed by atoms with van der Waals surface area (Å²) in [6.45, 7) is 2.18. The number of pyridine rings is 1. The van der Waals surface area contributed by atoms with Crippen LogP contribution in [-0.2, 0) is 16.0 Å². The zero-order chi connectivity index (χ0) is 20.7. The van der Waals surface area contributed by atoms with Crippen molar-refractivity contribution in [2.24, 2.45) is 5.41 Å². The van der Waals surface area contributed by atoms with Crippen LogP contribution >= 0.6 is 0 Å². The maximum atomic E-state index is 13.5. The summed E-state index contributed by atoms with van der Waals surface area (Å²) in [5.41, 5.74) is 1.63. The summed E-state index contributed by atoms with van der Waals surface area (Å²) >= 11 is 0. The van der Waals surface area contributed by atoms with Gasteiger partial charge in [0.1, 0.15) is 11.3 Å². The first-order valence-corrected chi connectivity index (χ1v) is 10.6. The lowest BCUT2D eigenvalue weighted by Gasteiger charge is -2.35. The highest BCUT2D eigenvalue weighted by Crippen LogP contribution is 2.52. The fourth-order valence-corrected chi connectivity index (χ4v) is 5.42. The monoisotopic (exact) mass is 403 g/mol. The fourth-order valence-electron chi connectivity index (χ4n) is 5.42. The van der Waals surface area contributed by atoms with Crippen LogP contribution in [-0.4, -0.2) is 45.4 Å². The van der Waals surface area contributed by atoms with Crippen LogP contribution in [0.3, 0.4) is 0 Å². The molecule has 4 heterocycles. The molecular weight excluding hydrogens is 378 g/mol. The van der Waals surface area contributed by atoms with Gasteiger partial charge in [-0.1, -0.05) is 30.3 Å². The van der Waals surface area contributed by atoms with Gasteiger partial charge in [0.25, 0.3) is 5.91 Å². The van der Waals surface area contributed by atoms with E-state index in [1.165, 1.54) is 0 Å². The van der Waals surface area contributed by atoms with E-state index >= 15 is 0 Å². The molecule has 0 unspecified atom stereocenters. The lowest BCUT2D eigenvalue weighted by molar-refractivity contribution is -0.157. The molecule has 6 heteroatoms. The van der Waals surface area contributed by atoms with Crippen molar-refractivity contribution in [2.75, 3.05) is 6.61 Å². The highest BCUT2D eigenvalue weighted by atomic mass is 16.5. The predicted octanol–water partition coefficient (Wildman–Crippen LogP) is 3.73. The molecule has 30 heavy (non-hydrogen) atoms. The SMILES string of the molecule is CCOC(=O)[C@@]1(Cc2ccccc2)C[C@H]2CC[C@@H]1N2C(=O)c1cc2cccnc2[nH]1. The van der Waals surface area contributed by atoms with Crippen LogP contribution < -0.4 is 0 Å². The van der Waals surface area contributed by atoms with Gasteiger partial charge < -0.3 is 14.6 Å². The summed E-state index contributed by atoms with van der Waals surface area (Å²) in [6.07, 6.45) is 4.69. The molecule has 2 bridgehead atoms. The first-order valence-electron chi connectivity index (χ1n) is 10.6. The van der Waals surface area contributed by atoms with E-state index in [0.717, 1.165) is 23.8 Å². The summed E-state index contributed by atoms with van der Waals surface area (Å²) < 4.78 is 5.54. The van der Waals surface area contributed by atoms with E-state index < -0.39 is 5.41 Å². The summed E-state index contributed by atoms with van der Waals surface area (Å²) in [5, 5.41) is 0.910. The molecule has 0 spiro atoms. The lowest BCUT2D eigenvalue weighted by Crippen LogP contribution is -2.47. The van der Waals surface area contributed by atoms with Gasteiger partial charge in [-0.15, -0.1) is 0 Å². The van der Waals surface area contributed by atoms with Crippen LogP contribution in [0.25, 0.3) is 11.0 Å². The number of nitrogens with zero attached hydrogens (tertiary/aromatic N) is 2. The van der Waals surface area contributed by atoms with E-state index in [1.54, 1.807) is 6.20 Å². The fraction of sp³-hybridized carbons (Fsp3) is 0.375. The Morgan fingerprint density at radius 3 is 2.80 bits per heavy atom. The number of rotatable bonds is 5. The first kappa shape index (κ1) is 18.9. The van der Waals surface area contributed by atoms with Crippen LogP contribution in [0, 0.1) is 5.41 Å². The Morgan fingerprint density at radius 1 is 1.20 bits per heavy atom. The first-order chi connectivity index (χ1) is 14.6. The molecule has 154 valence electrons. The van der Waals surface area contributed by atoms with Crippen LogP contribution in [0.4, 0.5) is 0 Å². The minimum absolute atomic E-state index is 0.0509. The number of aromatic nitrogens is 2. The van der Waals surface area contributed by atoms with Gasteiger partial charge in [-0.3, -0.25) is 9.59 Å². The Hall–Kier alpha value is -3.15. The number of fused-ring (bicyclic) bond motifs is 3. The molecule has 2 aliphatic rings. The molecule has 1 amide bonds. The third kappa shape index (κ3) is 2.90. The number of amides is 1. The molecule has 0 aliphatic carbocycles. The second-order valence-electron chi connectivity index (χ2n) is 8.33. The molecular formula is C24H25N3O3. The molecule has 0 radical (unpaired) electrons. The van der Waals surface area contributed by atoms with Crippen molar-refractivity contribution in [3.8, 4) is 0 Å². The van der Waals surface area contributed by atoms with Gasteiger partial charge in [0.2, 0.25) is 0 Å². The molecule has 2 aromatic heterocycles. The third-order valence-corrected chi connectivity index (χ3v) is 6.64. The summed E-state index contributed by atoms with van der Waals surface area (Å²) in [4.78, 5) is 36.1. The summed E-state index contributed by atoms with van der Waals surface area (Å²) in [7, 11) is 0. The van der Waals surface area contributed by atoms with E-state index in [1.807, 2.05) is 60.4 Å². The van der Waals surface area contributed by atoms with Crippen LogP contribution in [0.2, 0.25) is 0 Å². The topological polar surface area (TPSA) is 75.3 Å². The van der Waals surface area contributed by atoms with Gasteiger partial charge in [-0.25, -0.2) is 4.98 Å². The lowest BCUT2D eigenvalue weighted by atomic mass is 9.70. The molecule has 2 fully saturated rings. The molecule has 0 saturated carbocycles. The van der Waals surface area contributed by atoms with Crippen LogP contribution in [0.1, 0.15) is 42.2 Å². The molecule has 1 N–H and O–H groups in total. The van der Waals surface area contributed by atoms with E-state index in [-0.39, 0.29) is 24.0 Å². The molecule has 2 aliphatic heterocycles. The van der Waals surface area contributed by atoms with Crippen LogP contribution in [0.15, 0.2) is 54.7 Å². The molecule has 6 nitrogen and oxygen atoms in total. The number of aromatic amines is 1. The Bertz CT molecular complexity index is 1060. The summed E-state index contributed by atoms with van der Waals surface area (Å²) in [6, 6.07) is 15.6. The largest absolute Gasteiger partial charge is 0.465 e. The van der Waals surface area contributed by atoms with Gasteiger partial charge in [0.05, 0.1) is 12.0 Å². The molecule has 2 saturated heterocycles. The maximum absolute atomic E-state index is 13.5.